The fourth-order valence-electron chi connectivity index (χ4n) is 4.78. The van der Waals surface area contributed by atoms with Crippen LogP contribution in [0.1, 0.15) is 31.2 Å². The van der Waals surface area contributed by atoms with Crippen LogP contribution in [-0.2, 0) is 4.79 Å². The number of benzene rings is 2. The Hall–Kier alpha value is -2.63. The predicted octanol–water partition coefficient (Wildman–Crippen LogP) is 1.50. The zero-order valence-electron chi connectivity index (χ0n) is 19.2. The van der Waals surface area contributed by atoms with Gasteiger partial charge in [0.2, 0.25) is 0 Å². The molecule has 0 saturated carbocycles. The molecule has 1 amide bonds. The number of rotatable bonds is 7. The number of piperazine rings is 1. The van der Waals surface area contributed by atoms with Gasteiger partial charge in [0.1, 0.15) is 26.2 Å². The van der Waals surface area contributed by atoms with Crippen molar-refractivity contribution >= 4 is 23.4 Å². The van der Waals surface area contributed by atoms with Crippen LogP contribution in [0.5, 0.6) is 0 Å². The van der Waals surface area contributed by atoms with E-state index in [-0.39, 0.29) is 5.91 Å². The molecule has 2 aliphatic heterocycles. The molecule has 0 unspecified atom stereocenters. The predicted molar refractivity (Wildman–Crippen MR) is 132 cm³/mol. The first-order chi connectivity index (χ1) is 15.8. The molecule has 0 radical (unpaired) electrons. The lowest BCUT2D eigenvalue weighted by Gasteiger charge is -2.28. The molecule has 2 aromatic carbocycles. The second kappa shape index (κ2) is 11.8. The van der Waals surface area contributed by atoms with E-state index in [1.807, 2.05) is 6.07 Å². The highest BCUT2D eigenvalue weighted by Gasteiger charge is 2.24. The molecule has 3 N–H and O–H groups in total. The van der Waals surface area contributed by atoms with Crippen LogP contribution < -0.4 is 20.0 Å². The monoisotopic (exact) mass is 434 g/mol. The van der Waals surface area contributed by atoms with Crippen molar-refractivity contribution in [1.82, 2.24) is 0 Å². The normalized spacial score (nSPS) is 21.9. The number of hydrogen-bond donors (Lipinski definition) is 3. The topological polar surface area (TPSA) is 41.2 Å². The van der Waals surface area contributed by atoms with E-state index in [1.165, 1.54) is 41.8 Å². The minimum absolute atomic E-state index is 0.120. The van der Waals surface area contributed by atoms with Gasteiger partial charge < -0.3 is 20.0 Å². The van der Waals surface area contributed by atoms with Gasteiger partial charge in [-0.3, -0.25) is 4.79 Å². The van der Waals surface area contributed by atoms with Crippen molar-refractivity contribution in [2.75, 3.05) is 62.6 Å². The molecule has 2 aliphatic rings. The van der Waals surface area contributed by atoms with Crippen LogP contribution in [0, 0.1) is 0 Å². The molecule has 170 valence electrons. The smallest absolute Gasteiger partial charge is 0.279 e. The van der Waals surface area contributed by atoms with Crippen molar-refractivity contribution in [1.29, 1.82) is 0 Å². The third kappa shape index (κ3) is 6.94. The van der Waals surface area contributed by atoms with E-state index in [0.29, 0.717) is 6.54 Å². The molecule has 4 rings (SSSR count). The molecule has 5 nitrogen and oxygen atoms in total. The lowest BCUT2D eigenvalue weighted by Crippen LogP contribution is -3.28. The molecule has 2 fully saturated rings. The summed E-state index contributed by atoms with van der Waals surface area (Å²) in [5.74, 6) is 0.120. The minimum Gasteiger partial charge on any atom is -0.372 e. The largest absolute Gasteiger partial charge is 0.372 e. The molecular formula is C27H38N4O+2. The minimum atomic E-state index is 0.120. The van der Waals surface area contributed by atoms with Crippen molar-refractivity contribution in [2.24, 2.45) is 0 Å². The first-order valence-corrected chi connectivity index (χ1v) is 12.3. The maximum absolute atomic E-state index is 12.6. The van der Waals surface area contributed by atoms with E-state index < -0.39 is 0 Å². The van der Waals surface area contributed by atoms with Crippen LogP contribution in [0.4, 0.5) is 11.4 Å². The number of nitrogens with zero attached hydrogens (tertiary/aromatic N) is 1. The van der Waals surface area contributed by atoms with Crippen molar-refractivity contribution < 1.29 is 14.6 Å². The van der Waals surface area contributed by atoms with E-state index in [1.54, 1.807) is 4.90 Å². The number of anilines is 2. The van der Waals surface area contributed by atoms with Crippen LogP contribution in [-0.4, -0.2) is 58.3 Å². The maximum atomic E-state index is 12.6. The van der Waals surface area contributed by atoms with Crippen LogP contribution in [0.15, 0.2) is 60.7 Å². The number of quaternary nitrogens is 2. The zero-order valence-corrected chi connectivity index (χ0v) is 19.2. The van der Waals surface area contributed by atoms with Crippen LogP contribution >= 0.6 is 0 Å². The summed E-state index contributed by atoms with van der Waals surface area (Å²) in [6.45, 7) is 8.24. The number of nitrogens with one attached hydrogen (secondary N) is 3. The molecular weight excluding hydrogens is 396 g/mol. The van der Waals surface area contributed by atoms with Gasteiger partial charge >= 0.3 is 0 Å². The number of amides is 1. The quantitative estimate of drug-likeness (QED) is 0.618. The molecule has 0 aromatic heterocycles. The summed E-state index contributed by atoms with van der Waals surface area (Å²) in [4.78, 5) is 18.0. The van der Waals surface area contributed by atoms with Crippen molar-refractivity contribution in [2.45, 2.75) is 25.7 Å². The van der Waals surface area contributed by atoms with Crippen molar-refractivity contribution in [3.63, 3.8) is 0 Å². The first-order valence-electron chi connectivity index (χ1n) is 12.3. The molecule has 0 atom stereocenters. The van der Waals surface area contributed by atoms with Gasteiger partial charge in [-0.15, -0.1) is 0 Å². The van der Waals surface area contributed by atoms with Gasteiger partial charge in [-0.1, -0.05) is 49.2 Å². The molecule has 2 aromatic rings. The van der Waals surface area contributed by atoms with Crippen LogP contribution in [0.25, 0.3) is 6.08 Å². The van der Waals surface area contributed by atoms with E-state index in [0.717, 1.165) is 51.5 Å². The number of hydrogen-bond acceptors (Lipinski definition) is 2. The summed E-state index contributed by atoms with van der Waals surface area (Å²) in [6.07, 6.45) is 9.72. The second-order valence-corrected chi connectivity index (χ2v) is 9.19. The third-order valence-electron chi connectivity index (χ3n) is 6.71. The van der Waals surface area contributed by atoms with Gasteiger partial charge in [-0.05, 0) is 48.7 Å². The second-order valence-electron chi connectivity index (χ2n) is 9.19. The fraction of sp³-hybridized carbons (Fsp3) is 0.444. The van der Waals surface area contributed by atoms with E-state index in [9.17, 15) is 4.79 Å². The summed E-state index contributed by atoms with van der Waals surface area (Å²) in [6, 6.07) is 18.9. The molecule has 5 heteroatoms. The van der Waals surface area contributed by atoms with E-state index in [4.69, 9.17) is 0 Å². The summed E-state index contributed by atoms with van der Waals surface area (Å²) in [7, 11) is 0. The Morgan fingerprint density at radius 2 is 1.50 bits per heavy atom. The number of carbonyl (C=O) groups is 1. The van der Waals surface area contributed by atoms with E-state index >= 15 is 0 Å². The summed E-state index contributed by atoms with van der Waals surface area (Å²) >= 11 is 0. The number of carbonyl (C=O) groups excluding carboxylic acids is 1. The lowest BCUT2D eigenvalue weighted by atomic mass is 10.2. The highest BCUT2D eigenvalue weighted by atomic mass is 16.2. The Morgan fingerprint density at radius 3 is 2.19 bits per heavy atom. The van der Waals surface area contributed by atoms with Crippen molar-refractivity contribution in [3.8, 4) is 0 Å². The van der Waals surface area contributed by atoms with Crippen LogP contribution in [0.2, 0.25) is 0 Å². The summed E-state index contributed by atoms with van der Waals surface area (Å²) in [5.41, 5.74) is 3.44. The standard InChI is InChI=1S/C27H36N4O/c32-27(28-25-12-14-26(15-13-25)31-17-6-1-2-7-18-31)23-30-21-19-29(20-22-30)16-8-11-24-9-4-3-5-10-24/h3-5,8-15H,1-2,6-7,16-23H2,(H,28,32)/p+2/b11-8+. The van der Waals surface area contributed by atoms with Crippen LogP contribution in [0.3, 0.4) is 0 Å². The van der Waals surface area contributed by atoms with Gasteiger partial charge in [0.15, 0.2) is 6.54 Å². The Balaban J connectivity index is 1.17. The van der Waals surface area contributed by atoms with Crippen molar-refractivity contribution in [3.05, 3.63) is 66.2 Å². The molecule has 0 spiro atoms. The van der Waals surface area contributed by atoms with Gasteiger partial charge in [-0.25, -0.2) is 0 Å². The fourth-order valence-corrected chi connectivity index (χ4v) is 4.78. The maximum Gasteiger partial charge on any atom is 0.279 e. The highest BCUT2D eigenvalue weighted by Crippen LogP contribution is 2.21. The molecule has 0 bridgehead atoms. The van der Waals surface area contributed by atoms with Gasteiger partial charge in [-0.2, -0.15) is 0 Å². The Bertz CT molecular complexity index is 849. The zero-order chi connectivity index (χ0) is 22.0. The molecule has 2 saturated heterocycles. The Morgan fingerprint density at radius 1 is 0.844 bits per heavy atom. The van der Waals surface area contributed by atoms with E-state index in [2.05, 4.69) is 70.9 Å². The highest BCUT2D eigenvalue weighted by molar-refractivity contribution is 5.91. The summed E-state index contributed by atoms with van der Waals surface area (Å²) in [5, 5.41) is 3.10. The Kier molecular flexibility index (Phi) is 8.35. The van der Waals surface area contributed by atoms with Gasteiger partial charge in [0, 0.05) is 24.5 Å². The molecule has 2 heterocycles. The average molecular weight is 435 g/mol. The first kappa shape index (κ1) is 22.6. The average Bonchev–Trinajstić information content (AvgIpc) is 3.11. The van der Waals surface area contributed by atoms with Gasteiger partial charge in [0.05, 0.1) is 6.54 Å². The summed E-state index contributed by atoms with van der Waals surface area (Å²) < 4.78 is 0. The van der Waals surface area contributed by atoms with Gasteiger partial charge in [0.25, 0.3) is 5.91 Å². The molecule has 32 heavy (non-hydrogen) atoms. The Labute approximate surface area is 192 Å². The SMILES string of the molecule is O=C(C[NH+]1CC[NH+](C/C=C/c2ccccc2)CC1)Nc1ccc(N2CCCCCC2)cc1. The molecule has 0 aliphatic carbocycles. The lowest BCUT2D eigenvalue weighted by molar-refractivity contribution is -1.01. The third-order valence-corrected chi connectivity index (χ3v) is 6.71.